The average Bonchev–Trinajstić information content (AvgIpc) is 3.05. The summed E-state index contributed by atoms with van der Waals surface area (Å²) in [5, 5.41) is 12.4. The maximum absolute atomic E-state index is 12.3. The van der Waals surface area contributed by atoms with Gasteiger partial charge in [-0.1, -0.05) is 37.1 Å². The molecule has 29 heavy (non-hydrogen) atoms. The summed E-state index contributed by atoms with van der Waals surface area (Å²) in [6, 6.07) is 17.6. The number of carbonyl (C=O) groups is 1. The van der Waals surface area contributed by atoms with Gasteiger partial charge in [-0.25, -0.2) is 0 Å². The number of likely N-dealkylation sites (tertiary alicyclic amines) is 1. The zero-order chi connectivity index (χ0) is 20.3. The van der Waals surface area contributed by atoms with E-state index in [4.69, 9.17) is 10.00 Å². The van der Waals surface area contributed by atoms with Crippen LogP contribution in [0.2, 0.25) is 0 Å². The lowest BCUT2D eigenvalue weighted by Crippen LogP contribution is -2.33. The number of benzene rings is 2. The fraction of sp³-hybridized carbons (Fsp3) is 0.417. The number of hydrogen-bond donors (Lipinski definition) is 1. The fourth-order valence-electron chi connectivity index (χ4n) is 3.55. The summed E-state index contributed by atoms with van der Waals surface area (Å²) in [6.45, 7) is 3.64. The molecule has 2 aromatic carbocycles. The molecule has 0 bridgehead atoms. The molecule has 0 radical (unpaired) electrons. The Hall–Kier alpha value is -2.84. The monoisotopic (exact) mass is 391 g/mol. The van der Waals surface area contributed by atoms with Crippen LogP contribution in [0.25, 0.3) is 0 Å². The number of carbonyl (C=O) groups excluding carboxylic acids is 1. The van der Waals surface area contributed by atoms with Crippen molar-refractivity contribution < 1.29 is 9.53 Å². The van der Waals surface area contributed by atoms with Gasteiger partial charge in [-0.3, -0.25) is 4.79 Å². The van der Waals surface area contributed by atoms with E-state index in [1.807, 2.05) is 47.4 Å². The van der Waals surface area contributed by atoms with Gasteiger partial charge in [-0.15, -0.1) is 0 Å². The van der Waals surface area contributed by atoms with Crippen LogP contribution in [0, 0.1) is 11.3 Å². The smallest absolute Gasteiger partial charge is 0.223 e. The zero-order valence-corrected chi connectivity index (χ0v) is 16.9. The number of nitriles is 1. The maximum Gasteiger partial charge on any atom is 0.223 e. The lowest BCUT2D eigenvalue weighted by atomic mass is 10.1. The molecule has 0 atom stereocenters. The Morgan fingerprint density at radius 3 is 2.59 bits per heavy atom. The Balaban J connectivity index is 1.41. The normalized spacial score (nSPS) is 14.1. The highest BCUT2D eigenvalue weighted by molar-refractivity contribution is 5.76. The first-order valence-corrected chi connectivity index (χ1v) is 10.4. The summed E-state index contributed by atoms with van der Waals surface area (Å²) in [5.74, 6) is 1.06. The van der Waals surface area contributed by atoms with Gasteiger partial charge in [0.25, 0.3) is 0 Å². The molecule has 3 rings (SSSR count). The second-order valence-electron chi connectivity index (χ2n) is 7.47. The van der Waals surface area contributed by atoms with Crippen LogP contribution in [0.15, 0.2) is 48.5 Å². The van der Waals surface area contributed by atoms with Crippen LogP contribution >= 0.6 is 0 Å². The SMILES string of the molecule is N#Cc1cccc(COc2cccc(CNCCC(=O)N3CCCCCC3)c2)c1. The molecule has 0 aromatic heterocycles. The molecule has 1 aliphatic rings. The summed E-state index contributed by atoms with van der Waals surface area (Å²) in [5.41, 5.74) is 2.73. The van der Waals surface area contributed by atoms with E-state index in [9.17, 15) is 4.79 Å². The minimum absolute atomic E-state index is 0.260. The first-order valence-electron chi connectivity index (χ1n) is 10.4. The molecule has 1 saturated heterocycles. The maximum atomic E-state index is 12.3. The largest absolute Gasteiger partial charge is 0.489 e. The molecule has 1 aliphatic heterocycles. The van der Waals surface area contributed by atoms with E-state index in [1.165, 1.54) is 12.8 Å². The summed E-state index contributed by atoms with van der Waals surface area (Å²) >= 11 is 0. The van der Waals surface area contributed by atoms with Crippen molar-refractivity contribution in [3.8, 4) is 11.8 Å². The molecule has 5 nitrogen and oxygen atoms in total. The Labute approximate surface area is 173 Å². The lowest BCUT2D eigenvalue weighted by molar-refractivity contribution is -0.131. The van der Waals surface area contributed by atoms with Gasteiger partial charge in [-0.05, 0) is 48.2 Å². The highest BCUT2D eigenvalue weighted by Gasteiger charge is 2.14. The Morgan fingerprint density at radius 1 is 1.03 bits per heavy atom. The van der Waals surface area contributed by atoms with E-state index in [0.29, 0.717) is 31.7 Å². The van der Waals surface area contributed by atoms with E-state index in [0.717, 1.165) is 42.8 Å². The van der Waals surface area contributed by atoms with Gasteiger partial charge in [0.05, 0.1) is 11.6 Å². The molecular formula is C24H29N3O2. The van der Waals surface area contributed by atoms with Gasteiger partial charge in [0.15, 0.2) is 0 Å². The van der Waals surface area contributed by atoms with E-state index in [2.05, 4.69) is 11.4 Å². The van der Waals surface area contributed by atoms with Crippen molar-refractivity contribution >= 4 is 5.91 Å². The van der Waals surface area contributed by atoms with E-state index in [-0.39, 0.29) is 5.91 Å². The number of ether oxygens (including phenoxy) is 1. The summed E-state index contributed by atoms with van der Waals surface area (Å²) in [7, 11) is 0. The molecule has 0 unspecified atom stereocenters. The van der Waals surface area contributed by atoms with Crippen molar-refractivity contribution in [2.75, 3.05) is 19.6 Å². The number of nitrogens with zero attached hydrogens (tertiary/aromatic N) is 2. The molecule has 152 valence electrons. The van der Waals surface area contributed by atoms with Crippen LogP contribution in [-0.4, -0.2) is 30.4 Å². The van der Waals surface area contributed by atoms with E-state index in [1.54, 1.807) is 6.07 Å². The van der Waals surface area contributed by atoms with Gasteiger partial charge < -0.3 is 15.0 Å². The van der Waals surface area contributed by atoms with Crippen LogP contribution in [0.3, 0.4) is 0 Å². The Morgan fingerprint density at radius 2 is 1.79 bits per heavy atom. The van der Waals surface area contributed by atoms with E-state index < -0.39 is 0 Å². The molecule has 1 amide bonds. The van der Waals surface area contributed by atoms with Gasteiger partial charge in [0.2, 0.25) is 5.91 Å². The van der Waals surface area contributed by atoms with Gasteiger partial charge in [0.1, 0.15) is 12.4 Å². The molecule has 2 aromatic rings. The van der Waals surface area contributed by atoms with Crippen molar-refractivity contribution in [1.82, 2.24) is 10.2 Å². The van der Waals surface area contributed by atoms with Crippen LogP contribution in [0.1, 0.15) is 48.8 Å². The third-order valence-electron chi connectivity index (χ3n) is 5.16. The lowest BCUT2D eigenvalue weighted by Gasteiger charge is -2.20. The molecule has 0 spiro atoms. The minimum atomic E-state index is 0.260. The molecule has 1 fully saturated rings. The second kappa shape index (κ2) is 11.2. The zero-order valence-electron chi connectivity index (χ0n) is 16.9. The summed E-state index contributed by atoms with van der Waals surface area (Å²) in [4.78, 5) is 14.3. The van der Waals surface area contributed by atoms with Crippen LogP contribution in [-0.2, 0) is 17.9 Å². The van der Waals surface area contributed by atoms with E-state index >= 15 is 0 Å². The first kappa shape index (κ1) is 20.9. The van der Waals surface area contributed by atoms with Crippen molar-refractivity contribution in [1.29, 1.82) is 5.26 Å². The molecular weight excluding hydrogens is 362 g/mol. The molecule has 0 saturated carbocycles. The number of amides is 1. The highest BCUT2D eigenvalue weighted by Crippen LogP contribution is 2.16. The van der Waals surface area contributed by atoms with Crippen molar-refractivity contribution in [3.05, 3.63) is 65.2 Å². The Bertz CT molecular complexity index is 836. The molecule has 0 aliphatic carbocycles. The quantitative estimate of drug-likeness (QED) is 0.690. The number of rotatable bonds is 8. The topological polar surface area (TPSA) is 65.4 Å². The predicted octanol–water partition coefficient (Wildman–Crippen LogP) is 4.02. The van der Waals surface area contributed by atoms with Gasteiger partial charge >= 0.3 is 0 Å². The van der Waals surface area contributed by atoms with Gasteiger partial charge in [0, 0.05) is 32.6 Å². The van der Waals surface area contributed by atoms with Crippen molar-refractivity contribution in [2.45, 2.75) is 45.3 Å². The van der Waals surface area contributed by atoms with Gasteiger partial charge in [-0.2, -0.15) is 5.26 Å². The first-order chi connectivity index (χ1) is 14.2. The van der Waals surface area contributed by atoms with Crippen LogP contribution < -0.4 is 10.1 Å². The molecule has 5 heteroatoms. The molecule has 1 N–H and O–H groups in total. The predicted molar refractivity (Wildman–Crippen MR) is 113 cm³/mol. The standard InChI is InChI=1S/C24H29N3O2/c25-17-20-7-5-9-22(15-20)19-29-23-10-6-8-21(16-23)18-26-12-11-24(28)27-13-3-1-2-4-14-27/h5-10,15-16,26H,1-4,11-14,18-19H2. The van der Waals surface area contributed by atoms with Crippen molar-refractivity contribution in [2.24, 2.45) is 0 Å². The highest BCUT2D eigenvalue weighted by atomic mass is 16.5. The molecule has 1 heterocycles. The average molecular weight is 392 g/mol. The third-order valence-corrected chi connectivity index (χ3v) is 5.16. The number of hydrogen-bond acceptors (Lipinski definition) is 4. The fourth-order valence-corrected chi connectivity index (χ4v) is 3.55. The summed E-state index contributed by atoms with van der Waals surface area (Å²) in [6.07, 6.45) is 5.29. The summed E-state index contributed by atoms with van der Waals surface area (Å²) < 4.78 is 5.87. The van der Waals surface area contributed by atoms with Crippen LogP contribution in [0.4, 0.5) is 0 Å². The van der Waals surface area contributed by atoms with Crippen molar-refractivity contribution in [3.63, 3.8) is 0 Å². The second-order valence-corrected chi connectivity index (χ2v) is 7.47. The van der Waals surface area contributed by atoms with Crippen LogP contribution in [0.5, 0.6) is 5.75 Å². The Kier molecular flexibility index (Phi) is 8.09. The third kappa shape index (κ3) is 6.92. The minimum Gasteiger partial charge on any atom is -0.489 e. The number of nitrogens with one attached hydrogen (secondary N) is 1.